The van der Waals surface area contributed by atoms with E-state index in [2.05, 4.69) is 40.1 Å². The molecule has 7 rings (SSSR count). The fourth-order valence-corrected chi connectivity index (χ4v) is 11.7. The summed E-state index contributed by atoms with van der Waals surface area (Å²) < 4.78 is 69.6. The summed E-state index contributed by atoms with van der Waals surface area (Å²) in [5, 5.41) is 4.65. The van der Waals surface area contributed by atoms with Gasteiger partial charge in [-0.25, -0.2) is 29.3 Å². The van der Waals surface area contributed by atoms with Crippen LogP contribution in [0.1, 0.15) is 54.0 Å². The summed E-state index contributed by atoms with van der Waals surface area (Å²) in [5.74, 6) is -0.382. The number of nitrogens with two attached hydrogens (primary N) is 2. The Labute approximate surface area is 345 Å². The van der Waals surface area contributed by atoms with E-state index in [9.17, 15) is 28.5 Å². The summed E-state index contributed by atoms with van der Waals surface area (Å²) in [6, 6.07) is -2.46. The molecule has 332 valence electrons. The maximum Gasteiger partial charge on any atom is 0.403 e. The van der Waals surface area contributed by atoms with Gasteiger partial charge in [0.05, 0.1) is 38.0 Å². The fourth-order valence-electron chi connectivity index (χ4n) is 6.86. The molecular weight excluding hydrogens is 863 g/mol. The fraction of sp³-hybridized carbons (Fsp3) is 0.688. The zero-order valence-electron chi connectivity index (χ0n) is 34.9. The highest BCUT2D eigenvalue weighted by atomic mass is 31.2. The topological polar surface area (TPSA) is 333 Å². The first-order valence-corrected chi connectivity index (χ1v) is 28.2. The first-order valence-electron chi connectivity index (χ1n) is 19.2. The zero-order chi connectivity index (χ0) is 44.1. The van der Waals surface area contributed by atoms with Crippen LogP contribution in [0, 0.1) is 0 Å². The van der Waals surface area contributed by atoms with Crippen LogP contribution in [0.15, 0.2) is 22.2 Å². The minimum atomic E-state index is -4.85. The third kappa shape index (κ3) is 8.47. The van der Waals surface area contributed by atoms with Gasteiger partial charge in [0.1, 0.15) is 24.4 Å². The second kappa shape index (κ2) is 15.3. The van der Waals surface area contributed by atoms with Gasteiger partial charge in [0.15, 0.2) is 51.4 Å². The van der Waals surface area contributed by atoms with E-state index in [1.54, 1.807) is 0 Å². The highest BCUT2D eigenvalue weighted by Crippen LogP contribution is 2.51. The van der Waals surface area contributed by atoms with E-state index in [1.807, 2.05) is 67.7 Å². The van der Waals surface area contributed by atoms with Crippen molar-refractivity contribution < 1.29 is 46.3 Å². The molecule has 2 unspecified atom stereocenters. The van der Waals surface area contributed by atoms with Crippen LogP contribution >= 0.6 is 15.5 Å². The number of anilines is 2. The second-order valence-corrected chi connectivity index (χ2v) is 30.9. The van der Waals surface area contributed by atoms with Crippen molar-refractivity contribution in [2.24, 2.45) is 0 Å². The molecule has 10 N–H and O–H groups in total. The zero-order valence-corrected chi connectivity index (χ0v) is 38.7. The molecule has 0 aromatic carbocycles. The molecule has 0 bridgehead atoms. The Morgan fingerprint density at radius 1 is 0.717 bits per heavy atom. The average Bonchev–Trinajstić information content (AvgIpc) is 3.86. The number of ether oxygens (including phenoxy) is 2. The second-order valence-electron chi connectivity index (χ2n) is 18.3. The molecule has 7 heterocycles. The first-order chi connectivity index (χ1) is 27.6. The molecule has 3 fully saturated rings. The largest absolute Gasteiger partial charge is 0.408 e. The number of fused-ring (bicyclic) bond motifs is 4. The molecule has 0 saturated carbocycles. The minimum absolute atomic E-state index is 0.0432. The van der Waals surface area contributed by atoms with Gasteiger partial charge in [-0.1, -0.05) is 41.5 Å². The summed E-state index contributed by atoms with van der Waals surface area (Å²) in [6.45, 7) is 18.7. The number of hydrogen-bond donors (Lipinski definition) is 8. The van der Waals surface area contributed by atoms with Crippen LogP contribution in [-0.2, 0) is 36.5 Å². The third-order valence-corrected chi connectivity index (χ3v) is 23.3. The van der Waals surface area contributed by atoms with Gasteiger partial charge in [-0.3, -0.25) is 37.7 Å². The van der Waals surface area contributed by atoms with Crippen molar-refractivity contribution in [2.75, 3.05) is 24.7 Å². The van der Waals surface area contributed by atoms with Crippen molar-refractivity contribution in [1.29, 1.82) is 0 Å². The molecule has 3 aliphatic heterocycles. The summed E-state index contributed by atoms with van der Waals surface area (Å²) in [7, 11) is -15.2. The van der Waals surface area contributed by atoms with Gasteiger partial charge in [-0.15, -0.1) is 0 Å². The molecule has 0 aliphatic carbocycles. The Hall–Kier alpha value is -3.21. The van der Waals surface area contributed by atoms with Crippen LogP contribution in [0.3, 0.4) is 0 Å². The molecule has 28 heteroatoms. The van der Waals surface area contributed by atoms with Crippen LogP contribution in [0.2, 0.25) is 36.3 Å². The van der Waals surface area contributed by atoms with Crippen LogP contribution in [0.5, 0.6) is 0 Å². The molecule has 10 atom stereocenters. The van der Waals surface area contributed by atoms with Crippen molar-refractivity contribution in [3.05, 3.63) is 33.4 Å². The summed E-state index contributed by atoms with van der Waals surface area (Å²) in [5.41, 5.74) is 10.6. The number of rotatable bonds is 6. The standard InChI is InChI=1S/C32H54N12O12P2Si2/c1-31(2,3)59(7,8)55-21-17-15(53-27(21)43-13-35-19-23(43)37-29(33)39-25(19)45)11-51-58(49,50)42-18-16(12-52-57(47,48)41-17)54-28(22(18)56-60(9,10)32(4,5)6)44-14-36-20-24(44)38-30(34)40-26(20)46/h13-18,21-22,27-28H,11-12H2,1-10H3,(H2,41,47,48)(H2,42,49,50)(H3,33,37,39,45)(H3,34,38,40,46)/t15-,16-,17-,18-,21-,22-,27-,28-/m1/s1. The first kappa shape index (κ1) is 44.8. The molecule has 0 radical (unpaired) electrons. The van der Waals surface area contributed by atoms with Crippen LogP contribution in [0.25, 0.3) is 22.3 Å². The third-order valence-electron chi connectivity index (χ3n) is 12.1. The Balaban J connectivity index is 1.29. The van der Waals surface area contributed by atoms with E-state index >= 15 is 0 Å². The molecular formula is C32H54N12O12P2Si2. The lowest BCUT2D eigenvalue weighted by Crippen LogP contribution is -2.54. The number of nitrogen functional groups attached to an aromatic ring is 2. The van der Waals surface area contributed by atoms with Crippen molar-refractivity contribution in [3.8, 4) is 0 Å². The predicted molar refractivity (Wildman–Crippen MR) is 222 cm³/mol. The molecule has 0 amide bonds. The highest BCUT2D eigenvalue weighted by molar-refractivity contribution is 7.50. The summed E-state index contributed by atoms with van der Waals surface area (Å²) in [6.07, 6.45) is -4.46. The summed E-state index contributed by atoms with van der Waals surface area (Å²) >= 11 is 0. The Morgan fingerprint density at radius 3 is 1.40 bits per heavy atom. The van der Waals surface area contributed by atoms with Gasteiger partial charge in [0, 0.05) is 0 Å². The Bertz CT molecular complexity index is 2330. The summed E-state index contributed by atoms with van der Waals surface area (Å²) in [4.78, 5) is 70.5. The van der Waals surface area contributed by atoms with Crippen LogP contribution in [0.4, 0.5) is 11.9 Å². The van der Waals surface area contributed by atoms with E-state index < -0.39 is 105 Å². The van der Waals surface area contributed by atoms with Gasteiger partial charge in [0.2, 0.25) is 11.9 Å². The van der Waals surface area contributed by atoms with E-state index in [0.717, 1.165) is 0 Å². The number of hydrogen-bond acceptors (Lipinski definition) is 16. The van der Waals surface area contributed by atoms with Crippen molar-refractivity contribution in [2.45, 2.75) is 127 Å². The normalized spacial score (nSPS) is 32.5. The van der Waals surface area contributed by atoms with Crippen molar-refractivity contribution in [3.63, 3.8) is 0 Å². The number of imidazole rings is 2. The van der Waals surface area contributed by atoms with Gasteiger partial charge < -0.3 is 39.6 Å². The number of H-pyrrole nitrogens is 2. The predicted octanol–water partition coefficient (Wildman–Crippen LogP) is 2.16. The van der Waals surface area contributed by atoms with Crippen LogP contribution in [-0.4, -0.2) is 115 Å². The lowest BCUT2D eigenvalue weighted by atomic mass is 10.1. The monoisotopic (exact) mass is 916 g/mol. The Kier molecular flexibility index (Phi) is 11.4. The van der Waals surface area contributed by atoms with E-state index in [-0.39, 0.29) is 44.3 Å². The number of nitrogens with zero attached hydrogens (tertiary/aromatic N) is 6. The van der Waals surface area contributed by atoms with Crippen molar-refractivity contribution in [1.82, 2.24) is 49.2 Å². The number of aromatic amines is 2. The maximum absolute atomic E-state index is 14.2. The molecule has 24 nitrogen and oxygen atoms in total. The average molecular weight is 917 g/mol. The van der Waals surface area contributed by atoms with Crippen molar-refractivity contribution >= 4 is 66.4 Å². The molecule has 4 aromatic rings. The van der Waals surface area contributed by atoms with Gasteiger partial charge in [0.25, 0.3) is 11.1 Å². The minimum Gasteiger partial charge on any atom is -0.408 e. The molecule has 3 saturated heterocycles. The molecule has 0 spiro atoms. The SMILES string of the molecule is CC(C)(C)[Si](C)(C)O[C@@H]1[C@@H]2NP(=O)(O)OC[C@H]3O[C@@H](n4cnc5c(=O)[nH]c(N)nc54)[C@H](O[Si](C)(C)C(C)(C)C)[C@@H]3NP(=O)(O)OC[C@H]2O[C@H]1n1cnc2c(=O)[nH]c(N)nc21. The maximum atomic E-state index is 14.2. The highest BCUT2D eigenvalue weighted by Gasteiger charge is 2.57. The lowest BCUT2D eigenvalue weighted by Gasteiger charge is -2.41. The van der Waals surface area contributed by atoms with E-state index in [4.69, 9.17) is 38.8 Å². The Morgan fingerprint density at radius 2 is 1.07 bits per heavy atom. The van der Waals surface area contributed by atoms with E-state index in [1.165, 1.54) is 21.8 Å². The molecule has 4 aromatic heterocycles. The van der Waals surface area contributed by atoms with E-state index in [0.29, 0.717) is 0 Å². The van der Waals surface area contributed by atoms with Gasteiger partial charge in [-0.2, -0.15) is 9.97 Å². The molecule has 3 aliphatic rings. The number of aromatic nitrogens is 8. The molecule has 60 heavy (non-hydrogen) atoms. The number of nitrogens with one attached hydrogen (secondary N) is 4. The van der Waals surface area contributed by atoms with Crippen LogP contribution < -0.4 is 32.8 Å². The smallest absolute Gasteiger partial charge is 0.403 e. The quantitative estimate of drug-likeness (QED) is 0.101. The van der Waals surface area contributed by atoms with Gasteiger partial charge in [-0.05, 0) is 36.3 Å². The van der Waals surface area contributed by atoms with Gasteiger partial charge >= 0.3 is 15.5 Å². The lowest BCUT2D eigenvalue weighted by molar-refractivity contribution is -0.0461.